The van der Waals surface area contributed by atoms with Gasteiger partial charge in [0.25, 0.3) is 5.56 Å². The Hall–Kier alpha value is -3.86. The van der Waals surface area contributed by atoms with Gasteiger partial charge in [-0.1, -0.05) is 23.7 Å². The molecule has 1 aromatic heterocycles. The van der Waals surface area contributed by atoms with Gasteiger partial charge in [-0.2, -0.15) is 18.2 Å². The molecule has 1 aliphatic heterocycles. The minimum atomic E-state index is -4.55. The van der Waals surface area contributed by atoms with Crippen molar-refractivity contribution in [1.82, 2.24) is 9.97 Å². The van der Waals surface area contributed by atoms with Gasteiger partial charge in [-0.25, -0.2) is 0 Å². The quantitative estimate of drug-likeness (QED) is 0.427. The number of nitrogens with zero attached hydrogens (tertiary/aromatic N) is 1. The Morgan fingerprint density at radius 2 is 1.94 bits per heavy atom. The lowest BCUT2D eigenvalue weighted by Crippen LogP contribution is -2.36. The molecule has 2 amide bonds. The van der Waals surface area contributed by atoms with E-state index >= 15 is 0 Å². The van der Waals surface area contributed by atoms with Gasteiger partial charge >= 0.3 is 6.18 Å². The van der Waals surface area contributed by atoms with Crippen molar-refractivity contribution < 1.29 is 22.8 Å². The molecule has 4 rings (SSSR count). The molecule has 34 heavy (non-hydrogen) atoms. The molecular formula is C22H17ClF3N5O3. The van der Waals surface area contributed by atoms with Crippen LogP contribution in [0.4, 0.5) is 36.3 Å². The Balaban J connectivity index is 1.63. The number of amides is 2. The maximum atomic E-state index is 13.0. The fourth-order valence-corrected chi connectivity index (χ4v) is 3.79. The maximum absolute atomic E-state index is 13.0. The number of fused-ring (bicyclic) bond motifs is 1. The Bertz CT molecular complexity index is 1360. The van der Waals surface area contributed by atoms with E-state index in [1.165, 1.54) is 12.1 Å². The van der Waals surface area contributed by atoms with E-state index in [1.807, 2.05) is 6.92 Å². The summed E-state index contributed by atoms with van der Waals surface area (Å²) in [4.78, 5) is 44.5. The molecule has 176 valence electrons. The fraction of sp³-hybridized carbons (Fsp3) is 0.182. The number of hydrogen-bond donors (Lipinski definition) is 4. The molecule has 0 fully saturated rings. The van der Waals surface area contributed by atoms with Crippen molar-refractivity contribution in [1.29, 1.82) is 0 Å². The number of H-pyrrole nitrogens is 1. The van der Waals surface area contributed by atoms with Crippen molar-refractivity contribution in [2.24, 2.45) is 0 Å². The molecule has 0 saturated carbocycles. The fourth-order valence-electron chi connectivity index (χ4n) is 3.51. The summed E-state index contributed by atoms with van der Waals surface area (Å²) in [5, 5.41) is 7.93. The molecule has 1 unspecified atom stereocenters. The molecule has 2 aromatic carbocycles. The third-order valence-corrected chi connectivity index (χ3v) is 5.42. The van der Waals surface area contributed by atoms with Crippen LogP contribution in [0.3, 0.4) is 0 Å². The van der Waals surface area contributed by atoms with Gasteiger partial charge in [0.05, 0.1) is 27.8 Å². The van der Waals surface area contributed by atoms with E-state index in [4.69, 9.17) is 11.6 Å². The molecule has 0 aliphatic carbocycles. The number of rotatable bonds is 4. The van der Waals surface area contributed by atoms with Crippen molar-refractivity contribution in [2.75, 3.05) is 16.0 Å². The van der Waals surface area contributed by atoms with Crippen LogP contribution < -0.4 is 21.5 Å². The third-order valence-electron chi connectivity index (χ3n) is 5.10. The largest absolute Gasteiger partial charge is 0.416 e. The third kappa shape index (κ3) is 4.88. The maximum Gasteiger partial charge on any atom is 0.416 e. The number of anilines is 4. The van der Waals surface area contributed by atoms with E-state index in [-0.39, 0.29) is 29.4 Å². The van der Waals surface area contributed by atoms with Crippen molar-refractivity contribution in [2.45, 2.75) is 25.4 Å². The van der Waals surface area contributed by atoms with Gasteiger partial charge in [0.2, 0.25) is 17.8 Å². The molecular weight excluding hydrogens is 475 g/mol. The lowest BCUT2D eigenvalue weighted by molar-refractivity contribution is -0.137. The van der Waals surface area contributed by atoms with Crippen LogP contribution >= 0.6 is 11.6 Å². The molecule has 2 heterocycles. The van der Waals surface area contributed by atoms with Gasteiger partial charge in [-0.15, -0.1) is 0 Å². The van der Waals surface area contributed by atoms with Crippen molar-refractivity contribution in [3.05, 3.63) is 74.5 Å². The van der Waals surface area contributed by atoms with Gasteiger partial charge in [-0.05, 0) is 42.8 Å². The second-order valence-electron chi connectivity index (χ2n) is 7.66. The molecule has 0 bridgehead atoms. The molecule has 0 radical (unpaired) electrons. The van der Waals surface area contributed by atoms with E-state index < -0.39 is 35.0 Å². The van der Waals surface area contributed by atoms with Crippen LogP contribution in [0.25, 0.3) is 0 Å². The summed E-state index contributed by atoms with van der Waals surface area (Å²) < 4.78 is 38.9. The predicted molar refractivity (Wildman–Crippen MR) is 120 cm³/mol. The van der Waals surface area contributed by atoms with Crippen LogP contribution in [0.5, 0.6) is 0 Å². The Kier molecular flexibility index (Phi) is 6.05. The van der Waals surface area contributed by atoms with Crippen molar-refractivity contribution in [3.63, 3.8) is 0 Å². The number of alkyl halides is 3. The number of carbonyl (C=O) groups is 2. The highest BCUT2D eigenvalue weighted by molar-refractivity contribution is 6.33. The van der Waals surface area contributed by atoms with E-state index in [1.54, 1.807) is 18.2 Å². The molecule has 4 N–H and O–H groups in total. The SMILES string of the molecule is Cc1ccc(NC(=O)C2CC(=O)Nc3nc(Nc4cccc(C(F)(F)F)c4)[nH]c(=O)c32)c(Cl)c1. The van der Waals surface area contributed by atoms with E-state index in [2.05, 4.69) is 25.9 Å². The zero-order chi connectivity index (χ0) is 24.6. The summed E-state index contributed by atoms with van der Waals surface area (Å²) in [5.41, 5.74) is -0.477. The average Bonchev–Trinajstić information content (AvgIpc) is 2.74. The normalized spacial score (nSPS) is 15.3. The second-order valence-corrected chi connectivity index (χ2v) is 8.07. The monoisotopic (exact) mass is 491 g/mol. The first-order valence-electron chi connectivity index (χ1n) is 9.96. The molecule has 1 atom stereocenters. The molecule has 1 aliphatic rings. The Morgan fingerprint density at radius 3 is 2.65 bits per heavy atom. The minimum absolute atomic E-state index is 0.0170. The zero-order valence-electron chi connectivity index (χ0n) is 17.5. The lowest BCUT2D eigenvalue weighted by atomic mass is 9.92. The lowest BCUT2D eigenvalue weighted by Gasteiger charge is -2.24. The van der Waals surface area contributed by atoms with Gasteiger partial charge in [0.1, 0.15) is 5.82 Å². The standard InChI is InChI=1S/C22H17ClF3N5O3/c1-10-5-6-15(14(23)7-10)28-19(33)13-9-16(32)29-18-17(13)20(34)31-21(30-18)27-12-4-2-3-11(8-12)22(24,25)26/h2-8,13H,9H2,1H3,(H,28,33)(H3,27,29,30,31,32,34). The van der Waals surface area contributed by atoms with E-state index in [0.717, 1.165) is 17.7 Å². The summed E-state index contributed by atoms with van der Waals surface area (Å²) in [6.45, 7) is 1.83. The van der Waals surface area contributed by atoms with Crippen LogP contribution in [-0.4, -0.2) is 21.8 Å². The number of aryl methyl sites for hydroxylation is 1. The van der Waals surface area contributed by atoms with Crippen LogP contribution in [0.15, 0.2) is 47.3 Å². The highest BCUT2D eigenvalue weighted by atomic mass is 35.5. The van der Waals surface area contributed by atoms with Crippen LogP contribution in [0, 0.1) is 6.92 Å². The molecule has 8 nitrogen and oxygen atoms in total. The number of nitrogens with one attached hydrogen (secondary N) is 4. The summed E-state index contributed by atoms with van der Waals surface area (Å²) >= 11 is 6.16. The Labute approximate surface area is 195 Å². The second kappa shape index (κ2) is 8.82. The van der Waals surface area contributed by atoms with Crippen LogP contribution in [-0.2, 0) is 15.8 Å². The van der Waals surface area contributed by atoms with Gasteiger partial charge in [-0.3, -0.25) is 19.4 Å². The number of aromatic nitrogens is 2. The van der Waals surface area contributed by atoms with Crippen LogP contribution in [0.1, 0.15) is 29.0 Å². The minimum Gasteiger partial charge on any atom is -0.326 e. The number of benzene rings is 2. The molecule has 3 aromatic rings. The van der Waals surface area contributed by atoms with Gasteiger partial charge in [0, 0.05) is 12.1 Å². The first-order valence-corrected chi connectivity index (χ1v) is 10.3. The van der Waals surface area contributed by atoms with E-state index in [9.17, 15) is 27.6 Å². The summed E-state index contributed by atoms with van der Waals surface area (Å²) in [7, 11) is 0. The summed E-state index contributed by atoms with van der Waals surface area (Å²) in [5.74, 6) is -2.70. The Morgan fingerprint density at radius 1 is 1.18 bits per heavy atom. The van der Waals surface area contributed by atoms with Crippen molar-refractivity contribution >= 4 is 46.6 Å². The summed E-state index contributed by atoms with van der Waals surface area (Å²) in [6.07, 6.45) is -4.85. The highest BCUT2D eigenvalue weighted by Crippen LogP contribution is 2.33. The number of carbonyl (C=O) groups excluding carboxylic acids is 2. The smallest absolute Gasteiger partial charge is 0.326 e. The van der Waals surface area contributed by atoms with Gasteiger partial charge in [0.15, 0.2) is 0 Å². The average molecular weight is 492 g/mol. The zero-order valence-corrected chi connectivity index (χ0v) is 18.3. The molecule has 0 spiro atoms. The number of halogens is 4. The van der Waals surface area contributed by atoms with Crippen molar-refractivity contribution in [3.8, 4) is 0 Å². The number of hydrogen-bond acceptors (Lipinski definition) is 5. The molecule has 12 heteroatoms. The highest BCUT2D eigenvalue weighted by Gasteiger charge is 2.35. The van der Waals surface area contributed by atoms with Crippen LogP contribution in [0.2, 0.25) is 5.02 Å². The van der Waals surface area contributed by atoms with E-state index in [0.29, 0.717) is 10.7 Å². The first kappa shape index (κ1) is 23.3. The van der Waals surface area contributed by atoms with Gasteiger partial charge < -0.3 is 16.0 Å². The topological polar surface area (TPSA) is 116 Å². The predicted octanol–water partition coefficient (Wildman–Crippen LogP) is 4.56. The number of aromatic amines is 1. The first-order chi connectivity index (χ1) is 16.0. The summed E-state index contributed by atoms with van der Waals surface area (Å²) in [6, 6.07) is 9.29. The molecule has 0 saturated heterocycles.